The lowest BCUT2D eigenvalue weighted by atomic mass is 10.1. The molecule has 21 heavy (non-hydrogen) atoms. The van der Waals surface area contributed by atoms with Crippen LogP contribution in [0.1, 0.15) is 5.56 Å². The van der Waals surface area contributed by atoms with E-state index in [1.165, 1.54) is 23.3 Å². The first-order chi connectivity index (χ1) is 10.1. The van der Waals surface area contributed by atoms with E-state index in [9.17, 15) is 19.8 Å². The Balaban J connectivity index is 2.18. The SMILES string of the molecule is O=CN([C@@H](Cc1ccc(O)cc1)C(=O)O)N1C=CN=CC1. The molecule has 0 aromatic heterocycles. The summed E-state index contributed by atoms with van der Waals surface area (Å²) < 4.78 is 0. The van der Waals surface area contributed by atoms with Gasteiger partial charge in [-0.05, 0) is 17.7 Å². The van der Waals surface area contributed by atoms with Crippen LogP contribution in [0.4, 0.5) is 0 Å². The largest absolute Gasteiger partial charge is 0.508 e. The predicted molar refractivity (Wildman–Crippen MR) is 75.5 cm³/mol. The number of carbonyl (C=O) groups is 2. The fourth-order valence-corrected chi connectivity index (χ4v) is 2.00. The number of carbonyl (C=O) groups excluding carboxylic acids is 1. The molecule has 1 aromatic rings. The molecule has 1 aliphatic heterocycles. The number of benzene rings is 1. The first-order valence-electron chi connectivity index (χ1n) is 6.31. The summed E-state index contributed by atoms with van der Waals surface area (Å²) in [5.74, 6) is -1.00. The molecule has 0 spiro atoms. The number of carboxylic acid groups (broad SMARTS) is 1. The van der Waals surface area contributed by atoms with Crippen molar-refractivity contribution in [3.05, 3.63) is 42.2 Å². The molecule has 0 unspecified atom stereocenters. The quantitative estimate of drug-likeness (QED) is 0.749. The van der Waals surface area contributed by atoms with Crippen molar-refractivity contribution in [2.75, 3.05) is 6.54 Å². The summed E-state index contributed by atoms with van der Waals surface area (Å²) in [7, 11) is 0. The second kappa shape index (κ2) is 6.56. The number of phenolic OH excluding ortho intramolecular Hbond substituents is 1. The van der Waals surface area contributed by atoms with Gasteiger partial charge in [0.25, 0.3) is 0 Å². The fraction of sp³-hybridized carbons (Fsp3) is 0.214. The normalized spacial score (nSPS) is 14.8. The van der Waals surface area contributed by atoms with E-state index in [0.29, 0.717) is 18.5 Å². The molecule has 1 heterocycles. The van der Waals surface area contributed by atoms with E-state index in [-0.39, 0.29) is 12.2 Å². The Hall–Kier alpha value is -2.83. The Morgan fingerprint density at radius 3 is 2.67 bits per heavy atom. The number of aliphatic carboxylic acids is 1. The number of rotatable bonds is 6. The third-order valence-corrected chi connectivity index (χ3v) is 3.07. The van der Waals surface area contributed by atoms with E-state index >= 15 is 0 Å². The van der Waals surface area contributed by atoms with Crippen molar-refractivity contribution in [1.82, 2.24) is 10.0 Å². The molecule has 0 bridgehead atoms. The van der Waals surface area contributed by atoms with Crippen molar-refractivity contribution in [2.45, 2.75) is 12.5 Å². The number of hydrogen-bond acceptors (Lipinski definition) is 5. The summed E-state index contributed by atoms with van der Waals surface area (Å²) in [6, 6.07) is 5.17. The molecule has 2 N–H and O–H groups in total. The van der Waals surface area contributed by atoms with Crippen LogP contribution in [-0.4, -0.2) is 51.4 Å². The molecule has 7 nitrogen and oxygen atoms in total. The van der Waals surface area contributed by atoms with Crippen LogP contribution >= 0.6 is 0 Å². The van der Waals surface area contributed by atoms with E-state index in [1.54, 1.807) is 24.5 Å². The molecule has 1 aromatic carbocycles. The smallest absolute Gasteiger partial charge is 0.328 e. The molecule has 0 radical (unpaired) electrons. The first-order valence-corrected chi connectivity index (χ1v) is 6.31. The topological polar surface area (TPSA) is 93.4 Å². The molecule has 1 atom stereocenters. The molecular weight excluding hydrogens is 274 g/mol. The van der Waals surface area contributed by atoms with Crippen LogP contribution in [0.3, 0.4) is 0 Å². The van der Waals surface area contributed by atoms with Gasteiger partial charge in [0.1, 0.15) is 5.75 Å². The second-order valence-corrected chi connectivity index (χ2v) is 4.46. The highest BCUT2D eigenvalue weighted by Crippen LogP contribution is 2.15. The minimum atomic E-state index is -1.11. The van der Waals surface area contributed by atoms with Gasteiger partial charge in [0, 0.05) is 25.0 Å². The molecule has 2 rings (SSSR count). The van der Waals surface area contributed by atoms with Gasteiger partial charge in [0.05, 0.1) is 6.54 Å². The minimum Gasteiger partial charge on any atom is -0.508 e. The maximum atomic E-state index is 11.5. The highest BCUT2D eigenvalue weighted by atomic mass is 16.4. The van der Waals surface area contributed by atoms with Crippen molar-refractivity contribution in [3.8, 4) is 5.75 Å². The van der Waals surface area contributed by atoms with Crippen LogP contribution in [0.2, 0.25) is 0 Å². The summed E-state index contributed by atoms with van der Waals surface area (Å²) in [6.45, 7) is 0.328. The van der Waals surface area contributed by atoms with Crippen LogP contribution < -0.4 is 0 Å². The molecule has 0 fully saturated rings. The lowest BCUT2D eigenvalue weighted by molar-refractivity contribution is -0.155. The van der Waals surface area contributed by atoms with Crippen molar-refractivity contribution < 1.29 is 19.8 Å². The lowest BCUT2D eigenvalue weighted by Crippen LogP contribution is -2.51. The summed E-state index contributed by atoms with van der Waals surface area (Å²) in [6.07, 6.45) is 5.23. The van der Waals surface area contributed by atoms with E-state index in [4.69, 9.17) is 0 Å². The molecule has 0 saturated carbocycles. The first kappa shape index (κ1) is 14.6. The van der Waals surface area contributed by atoms with Gasteiger partial charge in [-0.3, -0.25) is 14.8 Å². The molecule has 0 aliphatic carbocycles. The molecule has 7 heteroatoms. The Morgan fingerprint density at radius 2 is 2.14 bits per heavy atom. The molecule has 0 saturated heterocycles. The van der Waals surface area contributed by atoms with Crippen molar-refractivity contribution >= 4 is 18.6 Å². The second-order valence-electron chi connectivity index (χ2n) is 4.46. The van der Waals surface area contributed by atoms with Gasteiger partial charge < -0.3 is 10.2 Å². The zero-order chi connectivity index (χ0) is 15.2. The van der Waals surface area contributed by atoms with E-state index < -0.39 is 12.0 Å². The highest BCUT2D eigenvalue weighted by Gasteiger charge is 2.28. The average Bonchev–Trinajstić information content (AvgIpc) is 2.50. The Morgan fingerprint density at radius 1 is 1.43 bits per heavy atom. The standard InChI is InChI=1S/C14H15N3O4/c18-10-17(16-7-5-15-6-8-16)13(14(20)21)9-11-1-3-12(19)4-2-11/h1-7,10,13,19H,8-9H2,(H,20,21)/t13-/m0/s1. The lowest BCUT2D eigenvalue weighted by Gasteiger charge is -2.34. The zero-order valence-electron chi connectivity index (χ0n) is 11.2. The number of aromatic hydroxyl groups is 1. The Kier molecular flexibility index (Phi) is 4.55. The van der Waals surface area contributed by atoms with Crippen LogP contribution in [0.15, 0.2) is 41.7 Å². The van der Waals surface area contributed by atoms with Gasteiger partial charge in [-0.2, -0.15) is 0 Å². The van der Waals surface area contributed by atoms with Crippen molar-refractivity contribution in [3.63, 3.8) is 0 Å². The summed E-state index contributed by atoms with van der Waals surface area (Å²) in [4.78, 5) is 26.7. The van der Waals surface area contributed by atoms with E-state index in [0.717, 1.165) is 5.01 Å². The molecule has 110 valence electrons. The van der Waals surface area contributed by atoms with Crippen molar-refractivity contribution in [1.29, 1.82) is 0 Å². The Bertz CT molecular complexity index is 568. The number of hydrazine groups is 1. The highest BCUT2D eigenvalue weighted by molar-refractivity contribution is 5.76. The maximum absolute atomic E-state index is 11.5. The zero-order valence-corrected chi connectivity index (χ0v) is 11.2. The van der Waals surface area contributed by atoms with Crippen LogP contribution in [-0.2, 0) is 16.0 Å². The van der Waals surface area contributed by atoms with E-state index in [2.05, 4.69) is 4.99 Å². The van der Waals surface area contributed by atoms with Crippen molar-refractivity contribution in [2.24, 2.45) is 4.99 Å². The summed E-state index contributed by atoms with van der Waals surface area (Å²) >= 11 is 0. The fourth-order valence-electron chi connectivity index (χ4n) is 2.00. The number of hydrogen-bond donors (Lipinski definition) is 2. The van der Waals surface area contributed by atoms with Gasteiger partial charge in [-0.15, -0.1) is 0 Å². The monoisotopic (exact) mass is 289 g/mol. The summed E-state index contributed by atoms with van der Waals surface area (Å²) in [5, 5.41) is 21.2. The molecule has 1 amide bonds. The number of phenols is 1. The van der Waals surface area contributed by atoms with Gasteiger partial charge in [-0.1, -0.05) is 12.1 Å². The third kappa shape index (κ3) is 3.59. The van der Waals surface area contributed by atoms with Crippen LogP contribution in [0.25, 0.3) is 0 Å². The predicted octanol–water partition coefficient (Wildman–Crippen LogP) is 0.619. The minimum absolute atomic E-state index is 0.105. The van der Waals surface area contributed by atoms with Gasteiger partial charge >= 0.3 is 5.97 Å². The number of nitrogens with zero attached hydrogens (tertiary/aromatic N) is 3. The maximum Gasteiger partial charge on any atom is 0.328 e. The number of aliphatic imine (C=N–C) groups is 1. The van der Waals surface area contributed by atoms with Crippen LogP contribution in [0.5, 0.6) is 5.75 Å². The van der Waals surface area contributed by atoms with E-state index in [1.807, 2.05) is 0 Å². The number of amides is 1. The molecule has 1 aliphatic rings. The van der Waals surface area contributed by atoms with Gasteiger partial charge in [-0.25, -0.2) is 9.80 Å². The van der Waals surface area contributed by atoms with Gasteiger partial charge in [0.15, 0.2) is 6.04 Å². The van der Waals surface area contributed by atoms with Crippen LogP contribution in [0, 0.1) is 0 Å². The van der Waals surface area contributed by atoms with Gasteiger partial charge in [0.2, 0.25) is 6.41 Å². The average molecular weight is 289 g/mol. The summed E-state index contributed by atoms with van der Waals surface area (Å²) in [5.41, 5.74) is 0.710. The molecular formula is C14H15N3O4. The Labute approximate surface area is 121 Å². The number of carboxylic acids is 1. The third-order valence-electron chi connectivity index (χ3n) is 3.07.